The SMILES string of the molecule is Cc1ccc(NCc2ccc(C#N)o2)cc1O. The second kappa shape index (κ2) is 4.62. The molecule has 0 aliphatic heterocycles. The van der Waals surface area contributed by atoms with Gasteiger partial charge in [-0.15, -0.1) is 0 Å². The first-order valence-corrected chi connectivity index (χ1v) is 5.21. The van der Waals surface area contributed by atoms with Crippen molar-refractivity contribution >= 4 is 5.69 Å². The monoisotopic (exact) mass is 228 g/mol. The summed E-state index contributed by atoms with van der Waals surface area (Å²) >= 11 is 0. The van der Waals surface area contributed by atoms with E-state index in [2.05, 4.69) is 5.32 Å². The van der Waals surface area contributed by atoms with E-state index in [9.17, 15) is 5.11 Å². The van der Waals surface area contributed by atoms with Crippen LogP contribution < -0.4 is 5.32 Å². The highest BCUT2D eigenvalue weighted by Crippen LogP contribution is 2.21. The molecule has 1 heterocycles. The summed E-state index contributed by atoms with van der Waals surface area (Å²) in [6.45, 7) is 2.31. The number of benzene rings is 1. The van der Waals surface area contributed by atoms with Crippen LogP contribution in [0.2, 0.25) is 0 Å². The van der Waals surface area contributed by atoms with Crippen molar-refractivity contribution in [2.45, 2.75) is 13.5 Å². The molecule has 0 bridgehead atoms. The van der Waals surface area contributed by atoms with E-state index in [0.29, 0.717) is 18.1 Å². The van der Waals surface area contributed by atoms with E-state index >= 15 is 0 Å². The van der Waals surface area contributed by atoms with Gasteiger partial charge in [0.15, 0.2) is 0 Å². The Morgan fingerprint density at radius 2 is 2.18 bits per heavy atom. The number of nitrogens with one attached hydrogen (secondary N) is 1. The van der Waals surface area contributed by atoms with Crippen LogP contribution in [0.5, 0.6) is 5.75 Å². The average Bonchev–Trinajstić information content (AvgIpc) is 2.79. The molecule has 0 spiro atoms. The fourth-order valence-corrected chi connectivity index (χ4v) is 1.44. The predicted octanol–water partition coefficient (Wildman–Crippen LogP) is 2.78. The van der Waals surface area contributed by atoms with Gasteiger partial charge in [0.1, 0.15) is 17.6 Å². The summed E-state index contributed by atoms with van der Waals surface area (Å²) < 4.78 is 5.22. The summed E-state index contributed by atoms with van der Waals surface area (Å²) in [6, 6.07) is 10.7. The fraction of sp³-hybridized carbons (Fsp3) is 0.154. The number of furan rings is 1. The van der Waals surface area contributed by atoms with Crippen LogP contribution in [-0.2, 0) is 6.54 Å². The molecule has 0 radical (unpaired) electrons. The van der Waals surface area contributed by atoms with E-state index < -0.39 is 0 Å². The van der Waals surface area contributed by atoms with Gasteiger partial charge in [0.2, 0.25) is 5.76 Å². The number of nitrogens with zero attached hydrogens (tertiary/aromatic N) is 1. The van der Waals surface area contributed by atoms with Crippen LogP contribution in [0.25, 0.3) is 0 Å². The molecule has 2 aromatic rings. The topological polar surface area (TPSA) is 69.2 Å². The lowest BCUT2D eigenvalue weighted by Gasteiger charge is -2.06. The maximum absolute atomic E-state index is 9.53. The summed E-state index contributed by atoms with van der Waals surface area (Å²) in [5.74, 6) is 1.24. The van der Waals surface area contributed by atoms with Crippen LogP contribution in [0.3, 0.4) is 0 Å². The van der Waals surface area contributed by atoms with E-state index in [1.807, 2.05) is 25.1 Å². The number of nitriles is 1. The van der Waals surface area contributed by atoms with Crippen LogP contribution in [0.15, 0.2) is 34.7 Å². The molecule has 0 aliphatic carbocycles. The first-order valence-electron chi connectivity index (χ1n) is 5.21. The van der Waals surface area contributed by atoms with Gasteiger partial charge in [0, 0.05) is 11.8 Å². The van der Waals surface area contributed by atoms with E-state index in [-0.39, 0.29) is 5.75 Å². The molecule has 0 aliphatic rings. The molecule has 0 amide bonds. The predicted molar refractivity (Wildman–Crippen MR) is 63.6 cm³/mol. The summed E-state index contributed by atoms with van der Waals surface area (Å²) in [5.41, 5.74) is 1.64. The zero-order valence-electron chi connectivity index (χ0n) is 9.40. The molecule has 2 N–H and O–H groups in total. The van der Waals surface area contributed by atoms with Gasteiger partial charge < -0.3 is 14.8 Å². The first-order chi connectivity index (χ1) is 8.19. The van der Waals surface area contributed by atoms with Gasteiger partial charge in [-0.2, -0.15) is 5.26 Å². The number of hydrogen-bond donors (Lipinski definition) is 2. The van der Waals surface area contributed by atoms with Gasteiger partial charge >= 0.3 is 0 Å². The Morgan fingerprint density at radius 1 is 1.35 bits per heavy atom. The van der Waals surface area contributed by atoms with Crippen molar-refractivity contribution in [1.82, 2.24) is 0 Å². The zero-order valence-corrected chi connectivity index (χ0v) is 9.40. The van der Waals surface area contributed by atoms with Crippen molar-refractivity contribution in [3.8, 4) is 11.8 Å². The number of phenolic OH excluding ortho intramolecular Hbond substituents is 1. The molecule has 4 nitrogen and oxygen atoms in total. The average molecular weight is 228 g/mol. The summed E-state index contributed by atoms with van der Waals surface area (Å²) in [5, 5.41) is 21.2. The molecule has 4 heteroatoms. The summed E-state index contributed by atoms with van der Waals surface area (Å²) in [6.07, 6.45) is 0. The lowest BCUT2D eigenvalue weighted by atomic mass is 10.2. The molecule has 0 unspecified atom stereocenters. The van der Waals surface area contributed by atoms with Crippen molar-refractivity contribution in [1.29, 1.82) is 5.26 Å². The second-order valence-electron chi connectivity index (χ2n) is 3.73. The zero-order chi connectivity index (χ0) is 12.3. The number of aromatic hydroxyl groups is 1. The normalized spacial score (nSPS) is 9.88. The van der Waals surface area contributed by atoms with Crippen molar-refractivity contribution in [2.24, 2.45) is 0 Å². The van der Waals surface area contributed by atoms with Crippen molar-refractivity contribution < 1.29 is 9.52 Å². The maximum atomic E-state index is 9.53. The van der Waals surface area contributed by atoms with Gasteiger partial charge in [0.25, 0.3) is 0 Å². The molecule has 0 saturated carbocycles. The smallest absolute Gasteiger partial charge is 0.203 e. The number of phenols is 1. The Kier molecular flexibility index (Phi) is 3.01. The molecule has 1 aromatic heterocycles. The molecule has 0 atom stereocenters. The number of anilines is 1. The van der Waals surface area contributed by atoms with Crippen LogP contribution in [0, 0.1) is 18.3 Å². The standard InChI is InChI=1S/C13H12N2O2/c1-9-2-3-10(6-13(9)16)15-8-12-5-4-11(7-14)17-12/h2-6,15-16H,8H2,1H3. The van der Waals surface area contributed by atoms with Gasteiger partial charge in [-0.05, 0) is 30.7 Å². The molecule has 1 aromatic carbocycles. The van der Waals surface area contributed by atoms with Gasteiger partial charge in [0.05, 0.1) is 6.54 Å². The highest BCUT2D eigenvalue weighted by Gasteiger charge is 2.02. The van der Waals surface area contributed by atoms with Crippen LogP contribution in [-0.4, -0.2) is 5.11 Å². The highest BCUT2D eigenvalue weighted by molar-refractivity contribution is 5.50. The van der Waals surface area contributed by atoms with Crippen LogP contribution in [0.1, 0.15) is 17.1 Å². The summed E-state index contributed by atoms with van der Waals surface area (Å²) in [4.78, 5) is 0. The van der Waals surface area contributed by atoms with Crippen molar-refractivity contribution in [2.75, 3.05) is 5.32 Å². The van der Waals surface area contributed by atoms with Gasteiger partial charge in [-0.3, -0.25) is 0 Å². The summed E-state index contributed by atoms with van der Waals surface area (Å²) in [7, 11) is 0. The van der Waals surface area contributed by atoms with Gasteiger partial charge in [-0.25, -0.2) is 0 Å². The van der Waals surface area contributed by atoms with E-state index in [0.717, 1.165) is 11.3 Å². The Labute approximate surface area is 99.1 Å². The third-order valence-corrected chi connectivity index (χ3v) is 2.45. The number of aryl methyl sites for hydroxylation is 1. The van der Waals surface area contributed by atoms with Crippen LogP contribution >= 0.6 is 0 Å². The van der Waals surface area contributed by atoms with Crippen molar-refractivity contribution in [3.05, 3.63) is 47.4 Å². The molecule has 17 heavy (non-hydrogen) atoms. The quantitative estimate of drug-likeness (QED) is 0.847. The molecular weight excluding hydrogens is 216 g/mol. The minimum Gasteiger partial charge on any atom is -0.508 e. The Bertz CT molecular complexity index is 567. The fourth-order valence-electron chi connectivity index (χ4n) is 1.44. The third-order valence-electron chi connectivity index (χ3n) is 2.45. The van der Waals surface area contributed by atoms with Crippen LogP contribution in [0.4, 0.5) is 5.69 Å². The van der Waals surface area contributed by atoms with E-state index in [4.69, 9.17) is 9.68 Å². The molecule has 86 valence electrons. The largest absolute Gasteiger partial charge is 0.508 e. The van der Waals surface area contributed by atoms with Crippen molar-refractivity contribution in [3.63, 3.8) is 0 Å². The highest BCUT2D eigenvalue weighted by atomic mass is 16.3. The van der Waals surface area contributed by atoms with E-state index in [1.165, 1.54) is 0 Å². The lowest BCUT2D eigenvalue weighted by Crippen LogP contribution is -1.97. The molecule has 0 saturated heterocycles. The second-order valence-corrected chi connectivity index (χ2v) is 3.73. The first kappa shape index (κ1) is 11.1. The minimum absolute atomic E-state index is 0.257. The molecule has 0 fully saturated rings. The van der Waals surface area contributed by atoms with Gasteiger partial charge in [-0.1, -0.05) is 6.07 Å². The van der Waals surface area contributed by atoms with E-state index in [1.54, 1.807) is 18.2 Å². The molecule has 2 rings (SSSR count). The lowest BCUT2D eigenvalue weighted by molar-refractivity contribution is 0.471. The number of hydrogen-bond acceptors (Lipinski definition) is 4. The maximum Gasteiger partial charge on any atom is 0.203 e. The molecular formula is C13H12N2O2. The third kappa shape index (κ3) is 2.58. The Balaban J connectivity index is 2.02. The number of rotatable bonds is 3. The Morgan fingerprint density at radius 3 is 2.82 bits per heavy atom. The minimum atomic E-state index is 0.257. The Hall–Kier alpha value is -2.41.